The van der Waals surface area contributed by atoms with Gasteiger partial charge in [-0.2, -0.15) is 0 Å². The molecule has 1 aromatic heterocycles. The molecule has 0 fully saturated rings. The van der Waals surface area contributed by atoms with Crippen LogP contribution >= 0.6 is 11.6 Å². The van der Waals surface area contributed by atoms with E-state index < -0.39 is 10.8 Å². The van der Waals surface area contributed by atoms with Gasteiger partial charge in [0.2, 0.25) is 0 Å². The fourth-order valence-corrected chi connectivity index (χ4v) is 2.63. The van der Waals surface area contributed by atoms with E-state index in [0.717, 1.165) is 5.39 Å². The number of carbonyl (C=O) groups excluding carboxylic acids is 1. The number of nitro groups is 1. The maximum atomic E-state index is 12.2. The molecule has 1 heterocycles. The second-order valence-corrected chi connectivity index (χ2v) is 5.95. The van der Waals surface area contributed by atoms with E-state index in [2.05, 4.69) is 10.3 Å². The van der Waals surface area contributed by atoms with Crippen molar-refractivity contribution in [2.45, 2.75) is 6.92 Å². The van der Waals surface area contributed by atoms with Crippen molar-refractivity contribution in [3.8, 4) is 5.75 Å². The number of aromatic nitrogens is 1. The maximum Gasteiger partial charge on any atom is 0.271 e. The molecule has 0 saturated carbocycles. The SMILES string of the molecule is Cc1ccc([N+](=O)[O-])cc1NC(=O)COc1ccc(Cl)c2cccnc12. The lowest BCUT2D eigenvalue weighted by Crippen LogP contribution is -2.20. The van der Waals surface area contributed by atoms with Crippen molar-refractivity contribution in [1.29, 1.82) is 0 Å². The number of aryl methyl sites for hydroxylation is 1. The summed E-state index contributed by atoms with van der Waals surface area (Å²) in [5.41, 5.74) is 1.54. The second kappa shape index (κ2) is 7.37. The van der Waals surface area contributed by atoms with Crippen LogP contribution in [0.5, 0.6) is 5.75 Å². The van der Waals surface area contributed by atoms with Crippen molar-refractivity contribution >= 4 is 39.8 Å². The normalized spacial score (nSPS) is 10.5. The number of fused-ring (bicyclic) bond motifs is 1. The Morgan fingerprint density at radius 1 is 1.31 bits per heavy atom. The number of pyridine rings is 1. The van der Waals surface area contributed by atoms with Gasteiger partial charge in [-0.3, -0.25) is 19.9 Å². The molecule has 1 N–H and O–H groups in total. The van der Waals surface area contributed by atoms with Crippen molar-refractivity contribution in [3.63, 3.8) is 0 Å². The average Bonchev–Trinajstić information content (AvgIpc) is 2.63. The molecule has 3 aromatic rings. The van der Waals surface area contributed by atoms with E-state index in [0.29, 0.717) is 27.5 Å². The quantitative estimate of drug-likeness (QED) is 0.537. The first-order valence-electron chi connectivity index (χ1n) is 7.66. The lowest BCUT2D eigenvalue weighted by Gasteiger charge is -2.11. The van der Waals surface area contributed by atoms with Gasteiger partial charge in [0.05, 0.1) is 15.6 Å². The third-order valence-electron chi connectivity index (χ3n) is 3.74. The molecule has 26 heavy (non-hydrogen) atoms. The molecule has 2 aromatic carbocycles. The number of hydrogen-bond donors (Lipinski definition) is 1. The number of amides is 1. The number of hydrogen-bond acceptors (Lipinski definition) is 5. The molecule has 0 aliphatic carbocycles. The van der Waals surface area contributed by atoms with Gasteiger partial charge in [0.1, 0.15) is 11.3 Å². The van der Waals surface area contributed by atoms with E-state index in [1.165, 1.54) is 12.1 Å². The van der Waals surface area contributed by atoms with Crippen LogP contribution in [0.3, 0.4) is 0 Å². The molecule has 0 unspecified atom stereocenters. The number of nitro benzene ring substituents is 1. The summed E-state index contributed by atoms with van der Waals surface area (Å²) in [5, 5.41) is 14.7. The van der Waals surface area contributed by atoms with Gasteiger partial charge < -0.3 is 10.1 Å². The molecular weight excluding hydrogens is 358 g/mol. The van der Waals surface area contributed by atoms with Gasteiger partial charge in [-0.1, -0.05) is 17.7 Å². The Balaban J connectivity index is 1.73. The second-order valence-electron chi connectivity index (χ2n) is 5.54. The largest absolute Gasteiger partial charge is 0.481 e. The molecule has 0 saturated heterocycles. The van der Waals surface area contributed by atoms with Gasteiger partial charge in [-0.15, -0.1) is 0 Å². The third-order valence-corrected chi connectivity index (χ3v) is 4.07. The summed E-state index contributed by atoms with van der Waals surface area (Å²) in [5.74, 6) is -0.0106. The number of halogens is 1. The zero-order valence-corrected chi connectivity index (χ0v) is 14.5. The first-order chi connectivity index (χ1) is 12.5. The number of carbonyl (C=O) groups is 1. The predicted octanol–water partition coefficient (Wildman–Crippen LogP) is 4.12. The number of benzene rings is 2. The fourth-order valence-electron chi connectivity index (χ4n) is 2.42. The molecule has 1 amide bonds. The van der Waals surface area contributed by atoms with E-state index in [4.69, 9.17) is 16.3 Å². The zero-order chi connectivity index (χ0) is 18.7. The maximum absolute atomic E-state index is 12.2. The lowest BCUT2D eigenvalue weighted by atomic mass is 10.2. The molecule has 0 aliphatic heterocycles. The Kier molecular flexibility index (Phi) is 4.99. The van der Waals surface area contributed by atoms with Crippen LogP contribution in [0.1, 0.15) is 5.56 Å². The highest BCUT2D eigenvalue weighted by Crippen LogP contribution is 2.29. The Labute approximate surface area is 153 Å². The number of anilines is 1. The smallest absolute Gasteiger partial charge is 0.271 e. The van der Waals surface area contributed by atoms with E-state index in [1.807, 2.05) is 6.07 Å². The molecule has 7 nitrogen and oxygen atoms in total. The monoisotopic (exact) mass is 371 g/mol. The van der Waals surface area contributed by atoms with Gasteiger partial charge in [-0.05, 0) is 36.8 Å². The summed E-state index contributed by atoms with van der Waals surface area (Å²) in [6, 6.07) is 11.2. The van der Waals surface area contributed by atoms with Crippen LogP contribution in [0.15, 0.2) is 48.7 Å². The standard InChI is InChI=1S/C18H14ClN3O4/c1-11-4-5-12(22(24)25)9-15(11)21-17(23)10-26-16-7-6-14(19)13-3-2-8-20-18(13)16/h2-9H,10H2,1H3,(H,21,23). The van der Waals surface area contributed by atoms with E-state index in [-0.39, 0.29) is 12.3 Å². The van der Waals surface area contributed by atoms with Gasteiger partial charge >= 0.3 is 0 Å². The van der Waals surface area contributed by atoms with Crippen molar-refractivity contribution in [2.75, 3.05) is 11.9 Å². The van der Waals surface area contributed by atoms with Crippen LogP contribution < -0.4 is 10.1 Å². The summed E-state index contributed by atoms with van der Waals surface area (Å²) in [4.78, 5) is 26.7. The number of non-ortho nitro benzene ring substituents is 1. The average molecular weight is 372 g/mol. The van der Waals surface area contributed by atoms with Crippen LogP contribution in [0.2, 0.25) is 5.02 Å². The number of rotatable bonds is 5. The minimum absolute atomic E-state index is 0.0975. The van der Waals surface area contributed by atoms with Crippen LogP contribution in [-0.4, -0.2) is 22.4 Å². The van der Waals surface area contributed by atoms with Crippen molar-refractivity contribution in [3.05, 3.63) is 69.4 Å². The number of nitrogens with zero attached hydrogens (tertiary/aromatic N) is 2. The lowest BCUT2D eigenvalue weighted by molar-refractivity contribution is -0.384. The minimum Gasteiger partial charge on any atom is -0.481 e. The molecular formula is C18H14ClN3O4. The van der Waals surface area contributed by atoms with Crippen LogP contribution in [0, 0.1) is 17.0 Å². The van der Waals surface area contributed by atoms with Gasteiger partial charge in [0.25, 0.3) is 11.6 Å². The molecule has 0 atom stereocenters. The molecule has 0 aliphatic rings. The highest BCUT2D eigenvalue weighted by Gasteiger charge is 2.13. The molecule has 0 spiro atoms. The fraction of sp³-hybridized carbons (Fsp3) is 0.111. The first kappa shape index (κ1) is 17.6. The van der Waals surface area contributed by atoms with Gasteiger partial charge in [0, 0.05) is 23.7 Å². The summed E-state index contributed by atoms with van der Waals surface area (Å²) in [7, 11) is 0. The molecule has 0 radical (unpaired) electrons. The Bertz CT molecular complexity index is 1010. The van der Waals surface area contributed by atoms with E-state index >= 15 is 0 Å². The predicted molar refractivity (Wildman–Crippen MR) is 98.7 cm³/mol. The van der Waals surface area contributed by atoms with Gasteiger partial charge in [0.15, 0.2) is 6.61 Å². The Morgan fingerprint density at radius 2 is 2.12 bits per heavy atom. The zero-order valence-electron chi connectivity index (χ0n) is 13.7. The first-order valence-corrected chi connectivity index (χ1v) is 8.04. The van der Waals surface area contributed by atoms with E-state index in [9.17, 15) is 14.9 Å². The van der Waals surface area contributed by atoms with Crippen molar-refractivity contribution in [1.82, 2.24) is 4.98 Å². The van der Waals surface area contributed by atoms with Crippen LogP contribution in [0.4, 0.5) is 11.4 Å². The van der Waals surface area contributed by atoms with Crippen LogP contribution in [-0.2, 0) is 4.79 Å². The summed E-state index contributed by atoms with van der Waals surface area (Å²) in [6.45, 7) is 1.48. The highest BCUT2D eigenvalue weighted by molar-refractivity contribution is 6.35. The highest BCUT2D eigenvalue weighted by atomic mass is 35.5. The van der Waals surface area contributed by atoms with Crippen LogP contribution in [0.25, 0.3) is 10.9 Å². The van der Waals surface area contributed by atoms with Gasteiger partial charge in [-0.25, -0.2) is 0 Å². The summed E-state index contributed by atoms with van der Waals surface area (Å²) >= 11 is 6.13. The van der Waals surface area contributed by atoms with Crippen molar-refractivity contribution < 1.29 is 14.5 Å². The molecule has 132 valence electrons. The molecule has 0 bridgehead atoms. The Morgan fingerprint density at radius 3 is 2.88 bits per heavy atom. The molecule has 8 heteroatoms. The summed E-state index contributed by atoms with van der Waals surface area (Å²) in [6.07, 6.45) is 1.61. The summed E-state index contributed by atoms with van der Waals surface area (Å²) < 4.78 is 5.56. The topological polar surface area (TPSA) is 94.4 Å². The molecule has 3 rings (SSSR count). The minimum atomic E-state index is -0.517. The van der Waals surface area contributed by atoms with E-state index in [1.54, 1.807) is 37.4 Å². The number of nitrogens with one attached hydrogen (secondary N) is 1. The third kappa shape index (κ3) is 3.73. The Hall–Kier alpha value is -3.19. The van der Waals surface area contributed by atoms with Crippen molar-refractivity contribution in [2.24, 2.45) is 0 Å². The number of ether oxygens (including phenoxy) is 1.